The number of aromatic nitrogens is 4. The molecule has 0 amide bonds. The average molecular weight is 392 g/mol. The van der Waals surface area contributed by atoms with E-state index in [4.69, 9.17) is 4.74 Å². The molecule has 0 unspecified atom stereocenters. The van der Waals surface area contributed by atoms with Crippen molar-refractivity contribution in [1.82, 2.24) is 19.1 Å². The van der Waals surface area contributed by atoms with Crippen molar-refractivity contribution < 1.29 is 4.74 Å². The van der Waals surface area contributed by atoms with E-state index in [1.807, 2.05) is 71.5 Å². The first-order valence-electron chi connectivity index (χ1n) is 8.91. The van der Waals surface area contributed by atoms with Crippen LogP contribution in [0, 0.1) is 0 Å². The van der Waals surface area contributed by atoms with Gasteiger partial charge in [-0.15, -0.1) is 11.8 Å². The van der Waals surface area contributed by atoms with E-state index in [1.165, 1.54) is 11.8 Å². The summed E-state index contributed by atoms with van der Waals surface area (Å²) in [5.74, 6) is 0. The standard InChI is InChI=1S/C21H20N4O2S/c1-28-20-18-19(25(21(26)23-20)12-16-8-4-2-5-9-16)22-14-24(18)15-27-13-17-10-6-3-7-11-17/h2-11,14H,12-13,15H2,1H3. The minimum Gasteiger partial charge on any atom is -0.356 e. The number of ether oxygens (including phenoxy) is 1. The molecule has 0 spiro atoms. The van der Waals surface area contributed by atoms with E-state index in [1.54, 1.807) is 10.9 Å². The largest absolute Gasteiger partial charge is 0.356 e. The average Bonchev–Trinajstić information content (AvgIpc) is 3.15. The molecule has 28 heavy (non-hydrogen) atoms. The van der Waals surface area contributed by atoms with Gasteiger partial charge >= 0.3 is 5.69 Å². The maximum absolute atomic E-state index is 12.6. The lowest BCUT2D eigenvalue weighted by molar-refractivity contribution is 0.0661. The Morgan fingerprint density at radius 1 is 1.00 bits per heavy atom. The van der Waals surface area contributed by atoms with Crippen molar-refractivity contribution in [2.75, 3.05) is 6.26 Å². The molecule has 0 saturated heterocycles. The Balaban J connectivity index is 1.65. The molecule has 0 aliphatic heterocycles. The van der Waals surface area contributed by atoms with E-state index in [0.717, 1.165) is 16.6 Å². The van der Waals surface area contributed by atoms with E-state index in [9.17, 15) is 4.79 Å². The fourth-order valence-electron chi connectivity index (χ4n) is 3.06. The highest BCUT2D eigenvalue weighted by Crippen LogP contribution is 2.23. The zero-order valence-electron chi connectivity index (χ0n) is 15.5. The van der Waals surface area contributed by atoms with Crippen LogP contribution in [0.25, 0.3) is 11.2 Å². The summed E-state index contributed by atoms with van der Waals surface area (Å²) in [6.07, 6.45) is 3.61. The predicted molar refractivity (Wildman–Crippen MR) is 110 cm³/mol. The molecular formula is C21H20N4O2S. The van der Waals surface area contributed by atoms with Gasteiger partial charge in [0, 0.05) is 0 Å². The second kappa shape index (κ2) is 8.41. The molecule has 0 atom stereocenters. The van der Waals surface area contributed by atoms with Crippen LogP contribution in [0.3, 0.4) is 0 Å². The third kappa shape index (κ3) is 3.85. The van der Waals surface area contributed by atoms with Crippen LogP contribution in [0.5, 0.6) is 0 Å². The summed E-state index contributed by atoms with van der Waals surface area (Å²) in [6.45, 7) is 1.27. The summed E-state index contributed by atoms with van der Waals surface area (Å²) >= 11 is 1.44. The Kier molecular flexibility index (Phi) is 5.55. The minimum atomic E-state index is -0.295. The monoisotopic (exact) mass is 392 g/mol. The number of nitrogens with zero attached hydrogens (tertiary/aromatic N) is 4. The van der Waals surface area contributed by atoms with Crippen LogP contribution in [0.15, 0.2) is 76.8 Å². The van der Waals surface area contributed by atoms with Gasteiger partial charge in [-0.05, 0) is 17.4 Å². The van der Waals surface area contributed by atoms with Crippen molar-refractivity contribution in [1.29, 1.82) is 0 Å². The van der Waals surface area contributed by atoms with Gasteiger partial charge in [0.25, 0.3) is 0 Å². The summed E-state index contributed by atoms with van der Waals surface area (Å²) in [6, 6.07) is 19.9. The molecule has 0 saturated carbocycles. The van der Waals surface area contributed by atoms with Crippen LogP contribution in [0.2, 0.25) is 0 Å². The third-order valence-corrected chi connectivity index (χ3v) is 5.09. The number of hydrogen-bond donors (Lipinski definition) is 0. The van der Waals surface area contributed by atoms with Crippen LogP contribution < -0.4 is 5.69 Å². The number of thioether (sulfide) groups is 1. The number of hydrogen-bond acceptors (Lipinski definition) is 5. The van der Waals surface area contributed by atoms with Gasteiger partial charge in [0.05, 0.1) is 19.5 Å². The first-order chi connectivity index (χ1) is 13.8. The highest BCUT2D eigenvalue weighted by atomic mass is 32.2. The molecule has 0 aliphatic rings. The molecule has 0 aliphatic carbocycles. The van der Waals surface area contributed by atoms with Crippen LogP contribution in [0.1, 0.15) is 11.1 Å². The first kappa shape index (κ1) is 18.5. The van der Waals surface area contributed by atoms with Crippen molar-refractivity contribution in [2.45, 2.75) is 24.9 Å². The zero-order chi connectivity index (χ0) is 19.3. The fraction of sp³-hybridized carbons (Fsp3) is 0.190. The van der Waals surface area contributed by atoms with Crippen LogP contribution in [-0.2, 0) is 24.6 Å². The highest BCUT2D eigenvalue weighted by Gasteiger charge is 2.16. The lowest BCUT2D eigenvalue weighted by Gasteiger charge is -2.11. The summed E-state index contributed by atoms with van der Waals surface area (Å²) < 4.78 is 9.37. The van der Waals surface area contributed by atoms with E-state index in [-0.39, 0.29) is 5.69 Å². The number of imidazole rings is 1. The molecule has 6 nitrogen and oxygen atoms in total. The van der Waals surface area contributed by atoms with E-state index < -0.39 is 0 Å². The smallest absolute Gasteiger partial charge is 0.350 e. The molecule has 2 aromatic heterocycles. The molecule has 0 bridgehead atoms. The predicted octanol–water partition coefficient (Wildman–Crippen LogP) is 3.54. The summed E-state index contributed by atoms with van der Waals surface area (Å²) in [7, 11) is 0. The quantitative estimate of drug-likeness (QED) is 0.356. The van der Waals surface area contributed by atoms with Gasteiger partial charge in [-0.1, -0.05) is 60.7 Å². The maximum atomic E-state index is 12.6. The molecular weight excluding hydrogens is 372 g/mol. The highest BCUT2D eigenvalue weighted by molar-refractivity contribution is 7.98. The third-order valence-electron chi connectivity index (χ3n) is 4.42. The van der Waals surface area contributed by atoms with Crippen LogP contribution in [-0.4, -0.2) is 25.4 Å². The summed E-state index contributed by atoms with van der Waals surface area (Å²) in [4.78, 5) is 21.4. The molecule has 142 valence electrons. The van der Waals surface area contributed by atoms with E-state index >= 15 is 0 Å². The van der Waals surface area contributed by atoms with Crippen molar-refractivity contribution in [3.05, 3.63) is 88.6 Å². The second-order valence-electron chi connectivity index (χ2n) is 6.33. The SMILES string of the molecule is CSc1nc(=O)n(Cc2ccccc2)c2ncn(COCc3ccccc3)c12. The van der Waals surface area contributed by atoms with Crippen LogP contribution >= 0.6 is 11.8 Å². The fourth-order valence-corrected chi connectivity index (χ4v) is 3.63. The number of fused-ring (bicyclic) bond motifs is 1. The molecule has 0 N–H and O–H groups in total. The van der Waals surface area contributed by atoms with Gasteiger partial charge in [0.2, 0.25) is 0 Å². The topological polar surface area (TPSA) is 61.9 Å². The minimum absolute atomic E-state index is 0.295. The van der Waals surface area contributed by atoms with Gasteiger partial charge in [-0.2, -0.15) is 4.98 Å². The van der Waals surface area contributed by atoms with Crippen LogP contribution in [0.4, 0.5) is 0 Å². The lowest BCUT2D eigenvalue weighted by atomic mass is 10.2. The second-order valence-corrected chi connectivity index (χ2v) is 7.12. The summed E-state index contributed by atoms with van der Waals surface area (Å²) in [5, 5.41) is 0.658. The first-order valence-corrected chi connectivity index (χ1v) is 10.1. The Labute approximate surface area is 166 Å². The van der Waals surface area contributed by atoms with E-state index in [2.05, 4.69) is 9.97 Å². The Morgan fingerprint density at radius 3 is 2.36 bits per heavy atom. The molecule has 4 aromatic rings. The molecule has 2 heterocycles. The van der Waals surface area contributed by atoms with Gasteiger partial charge in [0.1, 0.15) is 17.3 Å². The molecule has 0 radical (unpaired) electrons. The van der Waals surface area contributed by atoms with Crippen molar-refractivity contribution in [3.63, 3.8) is 0 Å². The molecule has 7 heteroatoms. The Bertz CT molecular complexity index is 1120. The number of benzene rings is 2. The van der Waals surface area contributed by atoms with E-state index in [0.29, 0.717) is 30.6 Å². The normalized spacial score (nSPS) is 11.2. The van der Waals surface area contributed by atoms with Crippen molar-refractivity contribution in [3.8, 4) is 0 Å². The molecule has 0 fully saturated rings. The maximum Gasteiger partial charge on any atom is 0.350 e. The van der Waals surface area contributed by atoms with Gasteiger partial charge in [0.15, 0.2) is 5.65 Å². The van der Waals surface area contributed by atoms with Crippen molar-refractivity contribution >= 4 is 22.9 Å². The zero-order valence-corrected chi connectivity index (χ0v) is 16.3. The Morgan fingerprint density at radius 2 is 1.68 bits per heavy atom. The number of rotatable bonds is 7. The lowest BCUT2D eigenvalue weighted by Crippen LogP contribution is -2.25. The van der Waals surface area contributed by atoms with Gasteiger partial charge in [-0.3, -0.25) is 4.57 Å². The summed E-state index contributed by atoms with van der Waals surface area (Å²) in [5.41, 5.74) is 3.28. The Hall–Kier alpha value is -2.90. The molecule has 4 rings (SSSR count). The molecule has 2 aromatic carbocycles. The van der Waals surface area contributed by atoms with Gasteiger partial charge < -0.3 is 9.30 Å². The van der Waals surface area contributed by atoms with Gasteiger partial charge in [-0.25, -0.2) is 9.78 Å². The van der Waals surface area contributed by atoms with Crippen molar-refractivity contribution in [2.24, 2.45) is 0 Å².